The van der Waals surface area contributed by atoms with Crippen molar-refractivity contribution in [2.45, 2.75) is 90.3 Å². The van der Waals surface area contributed by atoms with Crippen molar-refractivity contribution in [2.24, 2.45) is 5.41 Å². The highest BCUT2D eigenvalue weighted by molar-refractivity contribution is 7.13. The number of nitrogens with one attached hydrogen (secondary N) is 2. The van der Waals surface area contributed by atoms with Crippen LogP contribution in [0.15, 0.2) is 29.8 Å². The molecule has 0 radical (unpaired) electrons. The van der Waals surface area contributed by atoms with Crippen molar-refractivity contribution < 1.29 is 24.0 Å². The Morgan fingerprint density at radius 3 is 2.47 bits per heavy atom. The monoisotopic (exact) mass is 546 g/mol. The summed E-state index contributed by atoms with van der Waals surface area (Å²) in [4.78, 5) is 46.7. The van der Waals surface area contributed by atoms with Crippen LogP contribution in [-0.4, -0.2) is 62.2 Å². The van der Waals surface area contributed by atoms with Crippen LogP contribution in [0, 0.1) is 17.2 Å². The fourth-order valence-corrected chi connectivity index (χ4v) is 5.56. The van der Waals surface area contributed by atoms with E-state index < -0.39 is 41.2 Å². The number of likely N-dealkylation sites (tertiary alicyclic amines) is 1. The van der Waals surface area contributed by atoms with Crippen molar-refractivity contribution in [2.75, 3.05) is 6.54 Å². The number of alkyl halides is 1. The molecule has 0 spiro atoms. The quantitative estimate of drug-likeness (QED) is 0.326. The second-order valence-corrected chi connectivity index (χ2v) is 12.3. The van der Waals surface area contributed by atoms with Crippen LogP contribution >= 0.6 is 11.3 Å². The van der Waals surface area contributed by atoms with Gasteiger partial charge in [0.1, 0.15) is 17.0 Å². The van der Waals surface area contributed by atoms with Gasteiger partial charge in [0, 0.05) is 0 Å². The standard InChI is InChI=1S/C27H36FN5O4S/c1-6-20(17-7-9-18(10-8-17)22-16(2)29-15-38-22)31-33(37)21-13-19(34)14-32(21)24(35)23(26(3,4)5)30-25(36)27(28)11-12-27/h7-10,15,19-21,23,34H,6,11-14H2,1-5H3,(H-,30,31,36,37)/p+1/t19-,20+,21-,23-/m1/s1. The van der Waals surface area contributed by atoms with E-state index in [1.165, 1.54) is 4.90 Å². The average Bonchev–Trinajstić information content (AvgIpc) is 3.28. The minimum absolute atomic E-state index is 0.0488. The van der Waals surface area contributed by atoms with Crippen LogP contribution < -0.4 is 10.7 Å². The molecule has 3 N–H and O–H groups in total. The molecule has 1 aliphatic carbocycles. The van der Waals surface area contributed by atoms with Gasteiger partial charge in [0.05, 0.1) is 40.1 Å². The number of aliphatic hydroxyl groups is 1. The van der Waals surface area contributed by atoms with E-state index in [9.17, 15) is 24.0 Å². The molecule has 11 heteroatoms. The van der Waals surface area contributed by atoms with Crippen LogP contribution in [0.3, 0.4) is 0 Å². The molecule has 0 unspecified atom stereocenters. The fraction of sp³-hybridized carbons (Fsp3) is 0.593. The lowest BCUT2D eigenvalue weighted by molar-refractivity contribution is -0.661. The predicted molar refractivity (Wildman–Crippen MR) is 143 cm³/mol. The maximum absolute atomic E-state index is 14.4. The molecule has 2 amide bonds. The molecule has 4 rings (SSSR count). The number of halogens is 1. The fourth-order valence-electron chi connectivity index (χ4n) is 4.75. The number of rotatable bonds is 9. The SMILES string of the molecule is CC[C@H](N[N+](=O)[C@@H]1C[C@@H](O)CN1C(=O)[C@@H](NC(=O)C1(F)CC1)C(C)(C)C)c1ccc(-c2scnc2C)cc1. The van der Waals surface area contributed by atoms with Crippen LogP contribution in [-0.2, 0) is 9.59 Å². The summed E-state index contributed by atoms with van der Waals surface area (Å²) in [7, 11) is 0. The van der Waals surface area contributed by atoms with E-state index in [-0.39, 0.29) is 31.8 Å². The van der Waals surface area contributed by atoms with Crippen LogP contribution in [0.2, 0.25) is 0 Å². The van der Waals surface area contributed by atoms with Gasteiger partial charge in [0.25, 0.3) is 11.8 Å². The Labute approximate surface area is 226 Å². The smallest absolute Gasteiger partial charge is 0.313 e. The highest BCUT2D eigenvalue weighted by Crippen LogP contribution is 2.40. The molecule has 1 aromatic heterocycles. The largest absolute Gasteiger partial charge is 0.391 e. The third-order valence-corrected chi connectivity index (χ3v) is 8.28. The summed E-state index contributed by atoms with van der Waals surface area (Å²) in [6, 6.07) is 6.56. The predicted octanol–water partition coefficient (Wildman–Crippen LogP) is 3.81. The number of hydrazine groups is 1. The van der Waals surface area contributed by atoms with Gasteiger partial charge in [-0.1, -0.05) is 52.0 Å². The second kappa shape index (κ2) is 10.7. The van der Waals surface area contributed by atoms with Gasteiger partial charge < -0.3 is 10.4 Å². The molecule has 2 heterocycles. The van der Waals surface area contributed by atoms with Gasteiger partial charge in [0.15, 0.2) is 5.67 Å². The van der Waals surface area contributed by atoms with Crippen LogP contribution in [0.1, 0.15) is 70.7 Å². The molecular weight excluding hydrogens is 509 g/mol. The number of carbonyl (C=O) groups excluding carboxylic acids is 2. The van der Waals surface area contributed by atoms with Crippen LogP contribution in [0.4, 0.5) is 4.39 Å². The van der Waals surface area contributed by atoms with Crippen molar-refractivity contribution in [3.05, 3.63) is 45.9 Å². The third kappa shape index (κ3) is 5.88. The number of hydrogen-bond acceptors (Lipinski definition) is 6. The minimum atomic E-state index is -1.93. The second-order valence-electron chi connectivity index (χ2n) is 11.4. The first-order valence-corrected chi connectivity index (χ1v) is 13.9. The molecule has 2 fully saturated rings. The van der Waals surface area contributed by atoms with E-state index >= 15 is 0 Å². The molecule has 1 saturated carbocycles. The summed E-state index contributed by atoms with van der Waals surface area (Å²) < 4.78 is 14.4. The van der Waals surface area contributed by atoms with Crippen LogP contribution in [0.25, 0.3) is 10.4 Å². The van der Waals surface area contributed by atoms with Crippen LogP contribution in [0.5, 0.6) is 0 Å². The molecule has 9 nitrogen and oxygen atoms in total. The Morgan fingerprint density at radius 1 is 1.29 bits per heavy atom. The summed E-state index contributed by atoms with van der Waals surface area (Å²) in [5.74, 6) is -1.32. The van der Waals surface area contributed by atoms with E-state index in [4.69, 9.17) is 0 Å². The average molecular weight is 547 g/mol. The van der Waals surface area contributed by atoms with Gasteiger partial charge in [-0.2, -0.15) is 0 Å². The number of carbonyl (C=O) groups is 2. The van der Waals surface area contributed by atoms with Gasteiger partial charge >= 0.3 is 6.17 Å². The highest BCUT2D eigenvalue weighted by atomic mass is 32.1. The van der Waals surface area contributed by atoms with Crippen molar-refractivity contribution in [1.29, 1.82) is 0 Å². The number of β-amino-alcohol motifs (C(OH)–C–C–N with tert-alkyl or cyclic N) is 1. The third-order valence-electron chi connectivity index (χ3n) is 7.30. The lowest BCUT2D eigenvalue weighted by Crippen LogP contribution is -2.59. The number of nitroso groups, excluding NO2 is 1. The molecule has 2 aromatic rings. The molecule has 1 aliphatic heterocycles. The Bertz CT molecular complexity index is 1190. The summed E-state index contributed by atoms with van der Waals surface area (Å²) in [5.41, 5.74) is 5.04. The van der Waals surface area contributed by atoms with E-state index in [2.05, 4.69) is 15.7 Å². The van der Waals surface area contributed by atoms with Gasteiger partial charge in [-0.25, -0.2) is 9.37 Å². The summed E-state index contributed by atoms with van der Waals surface area (Å²) >= 11 is 1.57. The normalized spacial score (nSPS) is 22.0. The first kappa shape index (κ1) is 28.1. The lowest BCUT2D eigenvalue weighted by atomic mass is 9.85. The van der Waals surface area contributed by atoms with Crippen molar-refractivity contribution in [3.63, 3.8) is 0 Å². The van der Waals surface area contributed by atoms with E-state index in [0.29, 0.717) is 11.3 Å². The molecule has 1 saturated heterocycles. The Morgan fingerprint density at radius 2 is 1.95 bits per heavy atom. The van der Waals surface area contributed by atoms with Gasteiger partial charge in [-0.05, 0) is 42.7 Å². The Balaban J connectivity index is 1.48. The molecule has 2 aliphatic rings. The molecular formula is C27H37FN5O4S+. The number of benzene rings is 1. The first-order valence-electron chi connectivity index (χ1n) is 13.1. The molecule has 206 valence electrons. The summed E-state index contributed by atoms with van der Waals surface area (Å²) in [5, 5.41) is 13.0. The van der Waals surface area contributed by atoms with Crippen molar-refractivity contribution in [3.8, 4) is 10.4 Å². The number of thiazole rings is 1. The minimum Gasteiger partial charge on any atom is -0.391 e. The number of nitrogens with zero attached hydrogens (tertiary/aromatic N) is 3. The van der Waals surface area contributed by atoms with Gasteiger partial charge in [-0.15, -0.1) is 16.8 Å². The maximum atomic E-state index is 14.4. The highest BCUT2D eigenvalue weighted by Gasteiger charge is 2.54. The number of amides is 2. The maximum Gasteiger partial charge on any atom is 0.313 e. The first-order chi connectivity index (χ1) is 17.8. The molecule has 0 bridgehead atoms. The zero-order chi connectivity index (χ0) is 27.8. The zero-order valence-electron chi connectivity index (χ0n) is 22.5. The van der Waals surface area contributed by atoms with Gasteiger partial charge in [-0.3, -0.25) is 14.5 Å². The molecule has 4 atom stereocenters. The van der Waals surface area contributed by atoms with Crippen molar-refractivity contribution >= 4 is 23.2 Å². The molecule has 1 aromatic carbocycles. The Kier molecular flexibility index (Phi) is 7.90. The topological polar surface area (TPSA) is 115 Å². The van der Waals surface area contributed by atoms with Gasteiger partial charge in [0.2, 0.25) is 0 Å². The van der Waals surface area contributed by atoms with E-state index in [1.807, 2.05) is 43.6 Å². The number of hydrogen-bond donors (Lipinski definition) is 3. The van der Waals surface area contributed by atoms with E-state index in [0.717, 1.165) is 21.7 Å². The summed E-state index contributed by atoms with van der Waals surface area (Å²) in [6.07, 6.45) is -0.934. The summed E-state index contributed by atoms with van der Waals surface area (Å²) in [6.45, 7) is 9.18. The number of aliphatic hydroxyl groups excluding tert-OH is 1. The zero-order valence-corrected chi connectivity index (χ0v) is 23.3. The number of aromatic nitrogens is 1. The lowest BCUT2D eigenvalue weighted by Gasteiger charge is -2.34. The molecule has 38 heavy (non-hydrogen) atoms. The van der Waals surface area contributed by atoms with Crippen molar-refractivity contribution in [1.82, 2.24) is 20.6 Å². The Hall–Kier alpha value is -2.92. The van der Waals surface area contributed by atoms with E-state index in [1.54, 1.807) is 32.1 Å². The number of aryl methyl sites for hydroxylation is 1.